The van der Waals surface area contributed by atoms with Gasteiger partial charge in [0.1, 0.15) is 18.1 Å². The number of methoxy groups -OCH3 is 1. The van der Waals surface area contributed by atoms with Gasteiger partial charge in [-0.15, -0.1) is 11.3 Å². The van der Waals surface area contributed by atoms with Gasteiger partial charge in [0.25, 0.3) is 5.91 Å². The van der Waals surface area contributed by atoms with Crippen LogP contribution in [-0.2, 0) is 17.8 Å². The second-order valence-electron chi connectivity index (χ2n) is 8.19. The maximum atomic E-state index is 12.9. The first-order valence-corrected chi connectivity index (χ1v) is 12.2. The third-order valence-corrected chi connectivity index (χ3v) is 6.68. The van der Waals surface area contributed by atoms with Crippen molar-refractivity contribution in [1.29, 1.82) is 0 Å². The van der Waals surface area contributed by atoms with E-state index < -0.39 is 0 Å². The lowest BCUT2D eigenvalue weighted by molar-refractivity contribution is -0.132. The molecule has 0 bridgehead atoms. The molecule has 0 unspecified atom stereocenters. The van der Waals surface area contributed by atoms with Gasteiger partial charge in [0.2, 0.25) is 5.91 Å². The van der Waals surface area contributed by atoms with E-state index in [1.807, 2.05) is 53.6 Å². The zero-order valence-corrected chi connectivity index (χ0v) is 20.3. The van der Waals surface area contributed by atoms with Crippen molar-refractivity contribution >= 4 is 23.2 Å². The molecule has 178 valence electrons. The van der Waals surface area contributed by atoms with Gasteiger partial charge in [0.15, 0.2) is 0 Å². The van der Waals surface area contributed by atoms with Crippen molar-refractivity contribution < 1.29 is 19.1 Å². The van der Waals surface area contributed by atoms with Crippen LogP contribution in [0, 0.1) is 6.92 Å². The fourth-order valence-corrected chi connectivity index (χ4v) is 4.47. The molecular formula is C26H29N3O4S. The average Bonchev–Trinajstić information content (AvgIpc) is 3.31. The van der Waals surface area contributed by atoms with Gasteiger partial charge in [-0.3, -0.25) is 9.59 Å². The van der Waals surface area contributed by atoms with E-state index in [0.717, 1.165) is 22.0 Å². The molecule has 1 aromatic heterocycles. The number of hydrogen-bond donors (Lipinski definition) is 0. The maximum absolute atomic E-state index is 12.9. The number of aryl methyl sites for hydroxylation is 2. The van der Waals surface area contributed by atoms with Gasteiger partial charge in [0.05, 0.1) is 17.8 Å². The Kier molecular flexibility index (Phi) is 7.80. The van der Waals surface area contributed by atoms with E-state index in [4.69, 9.17) is 9.47 Å². The molecule has 34 heavy (non-hydrogen) atoms. The summed E-state index contributed by atoms with van der Waals surface area (Å²) in [5, 5.41) is 3.00. The number of piperazine rings is 1. The van der Waals surface area contributed by atoms with Crippen LogP contribution in [0.2, 0.25) is 0 Å². The van der Waals surface area contributed by atoms with Crippen LogP contribution in [-0.4, -0.2) is 59.9 Å². The Morgan fingerprint density at radius 3 is 2.21 bits per heavy atom. The smallest absolute Gasteiger partial charge is 0.253 e. The van der Waals surface area contributed by atoms with Crippen molar-refractivity contribution in [2.45, 2.75) is 26.4 Å². The molecule has 1 aliphatic rings. The summed E-state index contributed by atoms with van der Waals surface area (Å²) in [6.07, 6.45) is 1.15. The molecule has 2 amide bonds. The average molecular weight is 480 g/mol. The van der Waals surface area contributed by atoms with E-state index in [9.17, 15) is 9.59 Å². The van der Waals surface area contributed by atoms with Crippen LogP contribution < -0.4 is 9.47 Å². The highest BCUT2D eigenvalue weighted by Gasteiger charge is 2.24. The lowest BCUT2D eigenvalue weighted by atomic mass is 10.1. The molecule has 0 radical (unpaired) electrons. The van der Waals surface area contributed by atoms with Gasteiger partial charge in [0, 0.05) is 43.5 Å². The van der Waals surface area contributed by atoms with E-state index >= 15 is 0 Å². The van der Waals surface area contributed by atoms with Gasteiger partial charge >= 0.3 is 0 Å². The number of aromatic nitrogens is 1. The minimum atomic E-state index is -0.0213. The summed E-state index contributed by atoms with van der Waals surface area (Å²) >= 11 is 1.60. The topological polar surface area (TPSA) is 72.0 Å². The first-order chi connectivity index (χ1) is 16.5. The fourth-order valence-electron chi connectivity index (χ4n) is 3.87. The van der Waals surface area contributed by atoms with Gasteiger partial charge < -0.3 is 19.3 Å². The Morgan fingerprint density at radius 2 is 1.59 bits per heavy atom. The molecule has 0 aliphatic carbocycles. The molecule has 1 fully saturated rings. The summed E-state index contributed by atoms with van der Waals surface area (Å²) in [5.74, 6) is 1.62. The van der Waals surface area contributed by atoms with Crippen LogP contribution in [0.15, 0.2) is 53.9 Å². The second-order valence-corrected chi connectivity index (χ2v) is 9.25. The highest BCUT2D eigenvalue weighted by Crippen LogP contribution is 2.18. The molecule has 0 atom stereocenters. The quantitative estimate of drug-likeness (QED) is 0.489. The Labute approximate surface area is 203 Å². The molecule has 1 aliphatic heterocycles. The first kappa shape index (κ1) is 23.8. The van der Waals surface area contributed by atoms with Gasteiger partial charge in [-0.05, 0) is 55.3 Å². The van der Waals surface area contributed by atoms with Gasteiger partial charge in [-0.1, -0.05) is 12.1 Å². The van der Waals surface area contributed by atoms with Crippen LogP contribution in [0.25, 0.3) is 0 Å². The third kappa shape index (κ3) is 6.14. The number of carbonyl (C=O) groups excluding carboxylic acids is 2. The molecule has 0 spiro atoms. The zero-order valence-electron chi connectivity index (χ0n) is 19.5. The van der Waals surface area contributed by atoms with Crippen molar-refractivity contribution in [3.05, 3.63) is 75.7 Å². The largest absolute Gasteiger partial charge is 0.497 e. The van der Waals surface area contributed by atoms with E-state index in [2.05, 4.69) is 4.98 Å². The van der Waals surface area contributed by atoms with Crippen LogP contribution in [0.4, 0.5) is 0 Å². The Morgan fingerprint density at radius 1 is 0.941 bits per heavy atom. The number of thiazole rings is 1. The minimum absolute atomic E-state index is 0.0213. The SMILES string of the molecule is COc1ccc(CCC(=O)N2CCN(C(=O)c3ccc(OCc4csc(C)n4)cc3)CC2)cc1. The molecule has 2 heterocycles. The molecule has 0 saturated carbocycles. The molecule has 3 aromatic rings. The Balaban J connectivity index is 1.22. The normalized spacial score (nSPS) is 13.6. The van der Waals surface area contributed by atoms with Crippen molar-refractivity contribution in [3.8, 4) is 11.5 Å². The number of ether oxygens (including phenoxy) is 2. The van der Waals surface area contributed by atoms with Crippen LogP contribution in [0.1, 0.15) is 33.0 Å². The lowest BCUT2D eigenvalue weighted by Gasteiger charge is -2.35. The summed E-state index contributed by atoms with van der Waals surface area (Å²) in [6.45, 7) is 4.56. The van der Waals surface area contributed by atoms with Crippen LogP contribution in [0.3, 0.4) is 0 Å². The van der Waals surface area contributed by atoms with Crippen molar-refractivity contribution in [2.75, 3.05) is 33.3 Å². The van der Waals surface area contributed by atoms with E-state index in [0.29, 0.717) is 56.9 Å². The number of carbonyl (C=O) groups is 2. The summed E-state index contributed by atoms with van der Waals surface area (Å²) in [7, 11) is 1.64. The maximum Gasteiger partial charge on any atom is 0.253 e. The molecule has 8 heteroatoms. The molecule has 4 rings (SSSR count). The predicted molar refractivity (Wildman–Crippen MR) is 131 cm³/mol. The molecule has 1 saturated heterocycles. The van der Waals surface area contributed by atoms with Gasteiger partial charge in [-0.25, -0.2) is 4.98 Å². The zero-order chi connectivity index (χ0) is 23.9. The standard InChI is InChI=1S/C26H29N3O4S/c1-19-27-22(18-34-19)17-33-24-10-6-21(7-11-24)26(31)29-15-13-28(14-16-29)25(30)12-5-20-3-8-23(32-2)9-4-20/h3-4,6-11,18H,5,12-17H2,1-2H3. The van der Waals surface area contributed by atoms with Crippen LogP contribution >= 0.6 is 11.3 Å². The molecule has 0 N–H and O–H groups in total. The highest BCUT2D eigenvalue weighted by molar-refractivity contribution is 7.09. The molecular weight excluding hydrogens is 450 g/mol. The first-order valence-electron chi connectivity index (χ1n) is 11.4. The summed E-state index contributed by atoms with van der Waals surface area (Å²) in [5.41, 5.74) is 2.63. The van der Waals surface area contributed by atoms with Crippen molar-refractivity contribution in [2.24, 2.45) is 0 Å². The lowest BCUT2D eigenvalue weighted by Crippen LogP contribution is -2.50. The molecule has 7 nitrogen and oxygen atoms in total. The Hall–Kier alpha value is -3.39. The number of benzene rings is 2. The summed E-state index contributed by atoms with van der Waals surface area (Å²) in [6, 6.07) is 15.0. The predicted octanol–water partition coefficient (Wildman–Crippen LogP) is 3.96. The summed E-state index contributed by atoms with van der Waals surface area (Å²) in [4.78, 5) is 33.6. The number of amides is 2. The highest BCUT2D eigenvalue weighted by atomic mass is 32.1. The number of hydrogen-bond acceptors (Lipinski definition) is 6. The third-order valence-electron chi connectivity index (χ3n) is 5.86. The minimum Gasteiger partial charge on any atom is -0.497 e. The Bertz CT molecular complexity index is 1100. The fraction of sp³-hybridized carbons (Fsp3) is 0.346. The second kappa shape index (κ2) is 11.2. The summed E-state index contributed by atoms with van der Waals surface area (Å²) < 4.78 is 10.9. The van der Waals surface area contributed by atoms with Crippen LogP contribution in [0.5, 0.6) is 11.5 Å². The van der Waals surface area contributed by atoms with Gasteiger partial charge in [-0.2, -0.15) is 0 Å². The molecule has 2 aromatic carbocycles. The van der Waals surface area contributed by atoms with E-state index in [1.165, 1.54) is 0 Å². The van der Waals surface area contributed by atoms with E-state index in [-0.39, 0.29) is 11.8 Å². The number of nitrogens with zero attached hydrogens (tertiary/aromatic N) is 3. The van der Waals surface area contributed by atoms with Crippen molar-refractivity contribution in [3.63, 3.8) is 0 Å². The van der Waals surface area contributed by atoms with Crippen molar-refractivity contribution in [1.82, 2.24) is 14.8 Å². The van der Waals surface area contributed by atoms with E-state index in [1.54, 1.807) is 35.5 Å². The number of rotatable bonds is 8. The monoisotopic (exact) mass is 479 g/mol.